The lowest BCUT2D eigenvalue weighted by molar-refractivity contribution is -0.000265. The number of nitrogens with one attached hydrogen (secondary N) is 2. The van der Waals surface area contributed by atoms with E-state index in [2.05, 4.69) is 17.4 Å². The highest BCUT2D eigenvalue weighted by molar-refractivity contribution is 6.04. The molecule has 1 aliphatic rings. The molecule has 0 fully saturated rings. The number of imide groups is 1. The summed E-state index contributed by atoms with van der Waals surface area (Å²) in [5.74, 6) is -0.232. The smallest absolute Gasteiger partial charge is 0.420 e. The van der Waals surface area contributed by atoms with Gasteiger partial charge in [-0.05, 0) is 69.4 Å². The monoisotopic (exact) mass is 571 g/mol. The number of nitrogens with zero attached hydrogens (tertiary/aromatic N) is 1. The first-order valence-corrected chi connectivity index (χ1v) is 13.8. The largest absolute Gasteiger partial charge is 0.448 e. The van der Waals surface area contributed by atoms with Gasteiger partial charge in [-0.25, -0.2) is 19.3 Å². The van der Waals surface area contributed by atoms with E-state index in [4.69, 9.17) is 19.6 Å². The minimum atomic E-state index is -0.828. The average Bonchev–Trinajstić information content (AvgIpc) is 3.22. The fourth-order valence-corrected chi connectivity index (χ4v) is 4.61. The molecule has 9 nitrogen and oxygen atoms in total. The van der Waals surface area contributed by atoms with Gasteiger partial charge < -0.3 is 14.2 Å². The fourth-order valence-electron chi connectivity index (χ4n) is 4.61. The molecule has 0 saturated heterocycles. The van der Waals surface area contributed by atoms with Crippen molar-refractivity contribution in [2.24, 2.45) is 0 Å². The Labute approximate surface area is 246 Å². The molecule has 220 valence electrons. The van der Waals surface area contributed by atoms with Gasteiger partial charge in [0.05, 0.1) is 6.54 Å². The minimum absolute atomic E-state index is 0.0884. The number of amides is 3. The van der Waals surface area contributed by atoms with Crippen molar-refractivity contribution in [3.05, 3.63) is 95.1 Å². The summed E-state index contributed by atoms with van der Waals surface area (Å²) < 4.78 is 16.3. The van der Waals surface area contributed by atoms with Crippen molar-refractivity contribution < 1.29 is 28.6 Å². The molecule has 0 spiro atoms. The van der Waals surface area contributed by atoms with Gasteiger partial charge in [-0.1, -0.05) is 72.8 Å². The second-order valence-electron chi connectivity index (χ2n) is 12.1. The van der Waals surface area contributed by atoms with E-state index < -0.39 is 29.5 Å². The first-order valence-electron chi connectivity index (χ1n) is 13.8. The number of ether oxygens (including phenoxy) is 3. The zero-order valence-electron chi connectivity index (χ0n) is 24.8. The van der Waals surface area contributed by atoms with Crippen molar-refractivity contribution in [1.29, 1.82) is 5.41 Å². The number of rotatable bonds is 5. The number of benzene rings is 3. The van der Waals surface area contributed by atoms with Gasteiger partial charge in [0.25, 0.3) is 0 Å². The summed E-state index contributed by atoms with van der Waals surface area (Å²) in [4.78, 5) is 39.1. The van der Waals surface area contributed by atoms with E-state index in [0.717, 1.165) is 27.2 Å². The molecule has 0 aromatic heterocycles. The summed E-state index contributed by atoms with van der Waals surface area (Å²) in [6.45, 7) is 10.3. The zero-order chi connectivity index (χ0) is 30.7. The van der Waals surface area contributed by atoms with Crippen LogP contribution in [0.15, 0.2) is 72.8 Å². The molecule has 0 unspecified atom stereocenters. The lowest BCUT2D eigenvalue weighted by atomic mass is 9.98. The summed E-state index contributed by atoms with van der Waals surface area (Å²) in [6, 6.07) is 22.7. The van der Waals surface area contributed by atoms with Crippen LogP contribution in [0.1, 0.15) is 69.7 Å². The van der Waals surface area contributed by atoms with E-state index in [-0.39, 0.29) is 24.9 Å². The highest BCUT2D eigenvalue weighted by Crippen LogP contribution is 2.44. The van der Waals surface area contributed by atoms with E-state index in [0.29, 0.717) is 11.1 Å². The molecule has 2 N–H and O–H groups in total. The molecule has 0 atom stereocenters. The molecule has 3 amide bonds. The van der Waals surface area contributed by atoms with Crippen LogP contribution in [0, 0.1) is 5.41 Å². The molecule has 0 saturated carbocycles. The SMILES string of the molecule is CC(C)(C)OC(=O)N(Cc1ccc(C(=N)NC(=O)OCC2c3ccccc3-c3ccccc32)cc1)C(=O)OC(C)(C)C. The Morgan fingerprint density at radius 3 is 1.71 bits per heavy atom. The molecule has 0 heterocycles. The van der Waals surface area contributed by atoms with Gasteiger partial charge in [0.1, 0.15) is 23.6 Å². The lowest BCUT2D eigenvalue weighted by Crippen LogP contribution is -2.43. The Bertz CT molecular complexity index is 1410. The van der Waals surface area contributed by atoms with Crippen LogP contribution in [0.25, 0.3) is 11.1 Å². The molecule has 1 aliphatic carbocycles. The molecule has 3 aromatic rings. The number of amidine groups is 1. The summed E-state index contributed by atoms with van der Waals surface area (Å²) in [5, 5.41) is 10.8. The first kappa shape index (κ1) is 30.3. The van der Waals surface area contributed by atoms with Gasteiger partial charge in [0.2, 0.25) is 0 Å². The average molecular weight is 572 g/mol. The third kappa shape index (κ3) is 7.54. The van der Waals surface area contributed by atoms with E-state index in [1.165, 1.54) is 0 Å². The van der Waals surface area contributed by atoms with Crippen LogP contribution in [-0.4, -0.2) is 46.8 Å². The van der Waals surface area contributed by atoms with Crippen molar-refractivity contribution in [2.45, 2.75) is 65.2 Å². The molecular weight excluding hydrogens is 534 g/mol. The second-order valence-corrected chi connectivity index (χ2v) is 12.1. The van der Waals surface area contributed by atoms with Gasteiger partial charge in [0, 0.05) is 11.5 Å². The molecule has 9 heteroatoms. The predicted octanol–water partition coefficient (Wildman–Crippen LogP) is 7.22. The van der Waals surface area contributed by atoms with Crippen LogP contribution < -0.4 is 5.32 Å². The Hall–Kier alpha value is -4.66. The first-order chi connectivity index (χ1) is 19.7. The maximum atomic E-state index is 12.8. The van der Waals surface area contributed by atoms with Crippen molar-refractivity contribution >= 4 is 24.1 Å². The Kier molecular flexibility index (Phi) is 8.70. The molecule has 42 heavy (non-hydrogen) atoms. The van der Waals surface area contributed by atoms with Gasteiger partial charge in [-0.15, -0.1) is 0 Å². The molecule has 0 radical (unpaired) electrons. The maximum absolute atomic E-state index is 12.8. The Balaban J connectivity index is 1.37. The van der Waals surface area contributed by atoms with Crippen LogP contribution in [0.3, 0.4) is 0 Å². The molecular formula is C33H37N3O6. The third-order valence-electron chi connectivity index (χ3n) is 6.38. The van der Waals surface area contributed by atoms with Gasteiger partial charge >= 0.3 is 18.3 Å². The normalized spacial score (nSPS) is 12.5. The number of hydrogen-bond donors (Lipinski definition) is 2. The van der Waals surface area contributed by atoms with E-state index in [1.807, 2.05) is 36.4 Å². The van der Waals surface area contributed by atoms with E-state index >= 15 is 0 Å². The number of carbonyl (C=O) groups excluding carboxylic acids is 3. The predicted molar refractivity (Wildman–Crippen MR) is 159 cm³/mol. The molecule has 4 rings (SSSR count). The van der Waals surface area contributed by atoms with Gasteiger partial charge in [-0.2, -0.15) is 0 Å². The van der Waals surface area contributed by atoms with E-state index in [1.54, 1.807) is 65.8 Å². The number of alkyl carbamates (subject to hydrolysis) is 1. The van der Waals surface area contributed by atoms with Crippen LogP contribution in [-0.2, 0) is 20.8 Å². The maximum Gasteiger partial charge on any atom is 0.420 e. The number of fused-ring (bicyclic) bond motifs is 3. The van der Waals surface area contributed by atoms with Gasteiger partial charge in [-0.3, -0.25) is 10.7 Å². The lowest BCUT2D eigenvalue weighted by Gasteiger charge is -2.28. The van der Waals surface area contributed by atoms with Crippen LogP contribution in [0.4, 0.5) is 14.4 Å². The van der Waals surface area contributed by atoms with Crippen molar-refractivity contribution in [2.75, 3.05) is 6.61 Å². The van der Waals surface area contributed by atoms with Crippen LogP contribution in [0.5, 0.6) is 0 Å². The zero-order valence-corrected chi connectivity index (χ0v) is 24.8. The topological polar surface area (TPSA) is 118 Å². The Morgan fingerprint density at radius 1 is 0.762 bits per heavy atom. The third-order valence-corrected chi connectivity index (χ3v) is 6.38. The van der Waals surface area contributed by atoms with Crippen molar-refractivity contribution in [3.63, 3.8) is 0 Å². The van der Waals surface area contributed by atoms with Gasteiger partial charge in [0.15, 0.2) is 0 Å². The standard InChI is InChI=1S/C33H37N3O6/c1-32(2,3)41-30(38)36(31(39)42-33(4,5)6)19-21-15-17-22(18-16-21)28(34)35-29(37)40-20-27-25-13-9-7-11-23(25)24-12-8-10-14-26(24)27/h7-18,27H,19-20H2,1-6H3,(H2,34,35,37). The number of carbonyl (C=O) groups is 3. The second kappa shape index (κ2) is 12.1. The molecule has 0 aliphatic heterocycles. The molecule has 3 aromatic carbocycles. The van der Waals surface area contributed by atoms with Crippen LogP contribution in [0.2, 0.25) is 0 Å². The van der Waals surface area contributed by atoms with Crippen LogP contribution >= 0.6 is 0 Å². The minimum Gasteiger partial charge on any atom is -0.448 e. The highest BCUT2D eigenvalue weighted by Gasteiger charge is 2.32. The summed E-state index contributed by atoms with van der Waals surface area (Å²) >= 11 is 0. The van der Waals surface area contributed by atoms with Crippen molar-refractivity contribution in [3.8, 4) is 11.1 Å². The summed E-state index contributed by atoms with van der Waals surface area (Å²) in [5.41, 5.74) is 3.88. The molecule has 0 bridgehead atoms. The van der Waals surface area contributed by atoms with Crippen molar-refractivity contribution in [1.82, 2.24) is 10.2 Å². The quantitative estimate of drug-likeness (QED) is 0.190. The fraction of sp³-hybridized carbons (Fsp3) is 0.333. The van der Waals surface area contributed by atoms with E-state index in [9.17, 15) is 14.4 Å². The summed E-state index contributed by atoms with van der Waals surface area (Å²) in [6.07, 6.45) is -2.39. The summed E-state index contributed by atoms with van der Waals surface area (Å²) in [7, 11) is 0. The number of hydrogen-bond acceptors (Lipinski definition) is 7. The highest BCUT2D eigenvalue weighted by atomic mass is 16.6. The Morgan fingerprint density at radius 2 is 1.24 bits per heavy atom.